The van der Waals surface area contributed by atoms with Gasteiger partial charge in [0.25, 0.3) is 5.91 Å². The number of hydrogen-bond acceptors (Lipinski definition) is 5. The highest BCUT2D eigenvalue weighted by molar-refractivity contribution is 7.90. The standard InChI is InChI=1S/C18H18N4O3S/c1-12-20-21-17(22(12)2)14-5-4-6-15(11-14)19-18(23)13-7-9-16(10-8-13)26(3,24)25/h4-11H,1-3H3,(H,19,23). The second-order valence-electron chi connectivity index (χ2n) is 5.96. The van der Waals surface area contributed by atoms with Crippen molar-refractivity contribution < 1.29 is 13.2 Å². The van der Waals surface area contributed by atoms with Crippen molar-refractivity contribution in [2.75, 3.05) is 11.6 Å². The predicted molar refractivity (Wildman–Crippen MR) is 98.7 cm³/mol. The lowest BCUT2D eigenvalue weighted by molar-refractivity contribution is 0.102. The minimum absolute atomic E-state index is 0.175. The maximum atomic E-state index is 12.4. The molecule has 0 atom stereocenters. The summed E-state index contributed by atoms with van der Waals surface area (Å²) in [5.74, 6) is 1.17. The maximum absolute atomic E-state index is 12.4. The van der Waals surface area contributed by atoms with Crippen molar-refractivity contribution in [2.45, 2.75) is 11.8 Å². The highest BCUT2D eigenvalue weighted by Crippen LogP contribution is 2.21. The first-order valence-corrected chi connectivity index (χ1v) is 9.73. The van der Waals surface area contributed by atoms with Crippen LogP contribution < -0.4 is 5.32 Å². The van der Waals surface area contributed by atoms with Crippen molar-refractivity contribution in [1.29, 1.82) is 0 Å². The molecule has 3 aromatic rings. The van der Waals surface area contributed by atoms with Crippen LogP contribution >= 0.6 is 0 Å². The van der Waals surface area contributed by atoms with Crippen molar-refractivity contribution in [3.8, 4) is 11.4 Å². The molecule has 0 radical (unpaired) electrons. The van der Waals surface area contributed by atoms with Gasteiger partial charge in [-0.2, -0.15) is 0 Å². The summed E-state index contributed by atoms with van der Waals surface area (Å²) in [4.78, 5) is 12.6. The van der Waals surface area contributed by atoms with Crippen LogP contribution in [0.5, 0.6) is 0 Å². The van der Waals surface area contributed by atoms with E-state index >= 15 is 0 Å². The molecule has 0 aliphatic heterocycles. The van der Waals surface area contributed by atoms with Gasteiger partial charge in [0, 0.05) is 30.1 Å². The molecule has 0 aliphatic carbocycles. The fourth-order valence-electron chi connectivity index (χ4n) is 2.45. The minimum atomic E-state index is -3.29. The monoisotopic (exact) mass is 370 g/mol. The number of hydrogen-bond donors (Lipinski definition) is 1. The van der Waals surface area contributed by atoms with Crippen molar-refractivity contribution in [1.82, 2.24) is 14.8 Å². The molecule has 2 aromatic carbocycles. The molecule has 0 fully saturated rings. The lowest BCUT2D eigenvalue weighted by Crippen LogP contribution is -2.12. The molecular weight excluding hydrogens is 352 g/mol. The quantitative estimate of drug-likeness (QED) is 0.761. The van der Waals surface area contributed by atoms with Crippen LogP contribution in [0.4, 0.5) is 5.69 Å². The van der Waals surface area contributed by atoms with E-state index in [0.717, 1.165) is 17.6 Å². The second kappa shape index (κ2) is 6.72. The van der Waals surface area contributed by atoms with E-state index in [2.05, 4.69) is 15.5 Å². The molecule has 1 N–H and O–H groups in total. The summed E-state index contributed by atoms with van der Waals surface area (Å²) in [7, 11) is -1.42. The van der Waals surface area contributed by atoms with Crippen molar-refractivity contribution in [3.05, 3.63) is 59.9 Å². The molecule has 134 valence electrons. The Kier molecular flexibility index (Phi) is 4.60. The average Bonchev–Trinajstić information content (AvgIpc) is 2.94. The molecule has 1 aromatic heterocycles. The van der Waals surface area contributed by atoms with Crippen LogP contribution in [0.25, 0.3) is 11.4 Å². The molecule has 0 aliphatic rings. The van der Waals surface area contributed by atoms with Gasteiger partial charge in [-0.15, -0.1) is 10.2 Å². The number of aryl methyl sites for hydroxylation is 1. The number of rotatable bonds is 4. The number of amides is 1. The number of aromatic nitrogens is 3. The van der Waals surface area contributed by atoms with Gasteiger partial charge in [-0.25, -0.2) is 8.42 Å². The number of nitrogens with one attached hydrogen (secondary N) is 1. The van der Waals surface area contributed by atoms with Crippen LogP contribution in [0.1, 0.15) is 16.2 Å². The van der Waals surface area contributed by atoms with Crippen LogP contribution in [0.15, 0.2) is 53.4 Å². The van der Waals surface area contributed by atoms with E-state index < -0.39 is 9.84 Å². The zero-order chi connectivity index (χ0) is 18.9. The zero-order valence-corrected chi connectivity index (χ0v) is 15.4. The van der Waals surface area contributed by atoms with Crippen molar-refractivity contribution in [2.24, 2.45) is 7.05 Å². The van der Waals surface area contributed by atoms with E-state index in [-0.39, 0.29) is 10.8 Å². The highest BCUT2D eigenvalue weighted by atomic mass is 32.2. The summed E-state index contributed by atoms with van der Waals surface area (Å²) in [6.45, 7) is 1.86. The van der Waals surface area contributed by atoms with E-state index in [1.54, 1.807) is 6.07 Å². The van der Waals surface area contributed by atoms with Crippen molar-refractivity contribution in [3.63, 3.8) is 0 Å². The Morgan fingerprint density at radius 3 is 2.35 bits per heavy atom. The minimum Gasteiger partial charge on any atom is -0.322 e. The van der Waals surface area contributed by atoms with Gasteiger partial charge in [0.05, 0.1) is 4.90 Å². The van der Waals surface area contributed by atoms with E-state index in [9.17, 15) is 13.2 Å². The SMILES string of the molecule is Cc1nnc(-c2cccc(NC(=O)c3ccc(S(C)(=O)=O)cc3)c2)n1C. The fourth-order valence-corrected chi connectivity index (χ4v) is 3.08. The molecule has 1 heterocycles. The molecule has 8 heteroatoms. The maximum Gasteiger partial charge on any atom is 0.255 e. The molecular formula is C18H18N4O3S. The molecule has 0 saturated heterocycles. The Hall–Kier alpha value is -3.00. The molecule has 0 bridgehead atoms. The molecule has 7 nitrogen and oxygen atoms in total. The Morgan fingerprint density at radius 2 is 1.77 bits per heavy atom. The Morgan fingerprint density at radius 1 is 1.08 bits per heavy atom. The lowest BCUT2D eigenvalue weighted by atomic mass is 10.1. The van der Waals surface area contributed by atoms with Gasteiger partial charge in [0.15, 0.2) is 15.7 Å². The third kappa shape index (κ3) is 3.65. The number of carbonyl (C=O) groups is 1. The predicted octanol–water partition coefficient (Wildman–Crippen LogP) is 2.45. The van der Waals surface area contributed by atoms with Crippen LogP contribution in [-0.4, -0.2) is 35.3 Å². The van der Waals surface area contributed by atoms with Gasteiger partial charge in [0.1, 0.15) is 5.82 Å². The summed E-state index contributed by atoms with van der Waals surface area (Å²) in [5.41, 5.74) is 1.82. The van der Waals surface area contributed by atoms with E-state index in [1.807, 2.05) is 36.7 Å². The lowest BCUT2D eigenvalue weighted by Gasteiger charge is -2.08. The number of anilines is 1. The number of carbonyl (C=O) groups excluding carboxylic acids is 1. The Balaban J connectivity index is 1.82. The van der Waals surface area contributed by atoms with E-state index in [4.69, 9.17) is 0 Å². The molecule has 26 heavy (non-hydrogen) atoms. The molecule has 0 saturated carbocycles. The third-order valence-electron chi connectivity index (χ3n) is 4.02. The van der Waals surface area contributed by atoms with Gasteiger partial charge >= 0.3 is 0 Å². The third-order valence-corrected chi connectivity index (χ3v) is 5.14. The van der Waals surface area contributed by atoms with E-state index in [0.29, 0.717) is 17.1 Å². The zero-order valence-electron chi connectivity index (χ0n) is 14.6. The second-order valence-corrected chi connectivity index (χ2v) is 7.98. The fraction of sp³-hybridized carbons (Fsp3) is 0.167. The van der Waals surface area contributed by atoms with Gasteiger partial charge in [-0.1, -0.05) is 12.1 Å². The summed E-state index contributed by atoms with van der Waals surface area (Å²) >= 11 is 0. The van der Waals surface area contributed by atoms with Gasteiger partial charge in [-0.3, -0.25) is 4.79 Å². The summed E-state index contributed by atoms with van der Waals surface area (Å²) in [6, 6.07) is 13.1. The van der Waals surface area contributed by atoms with E-state index in [1.165, 1.54) is 24.3 Å². The molecule has 0 spiro atoms. The Bertz CT molecular complexity index is 1070. The summed E-state index contributed by atoms with van der Waals surface area (Å²) < 4.78 is 24.9. The number of sulfone groups is 1. The molecule has 3 rings (SSSR count). The molecule has 1 amide bonds. The number of nitrogens with zero attached hydrogens (tertiary/aromatic N) is 3. The van der Waals surface area contributed by atoms with Crippen LogP contribution in [0.3, 0.4) is 0 Å². The number of benzene rings is 2. The van der Waals surface area contributed by atoms with Gasteiger partial charge in [0.2, 0.25) is 0 Å². The van der Waals surface area contributed by atoms with Crippen LogP contribution in [0.2, 0.25) is 0 Å². The Labute approximate surface area is 151 Å². The summed E-state index contributed by atoms with van der Waals surface area (Å²) in [5, 5.41) is 11.0. The van der Waals surface area contributed by atoms with Gasteiger partial charge < -0.3 is 9.88 Å². The average molecular weight is 370 g/mol. The highest BCUT2D eigenvalue weighted by Gasteiger charge is 2.12. The van der Waals surface area contributed by atoms with Gasteiger partial charge in [-0.05, 0) is 43.3 Å². The largest absolute Gasteiger partial charge is 0.322 e. The first-order valence-electron chi connectivity index (χ1n) is 7.83. The van der Waals surface area contributed by atoms with Crippen molar-refractivity contribution >= 4 is 21.4 Å². The normalized spacial score (nSPS) is 11.3. The smallest absolute Gasteiger partial charge is 0.255 e. The summed E-state index contributed by atoms with van der Waals surface area (Å²) in [6.07, 6.45) is 1.13. The van der Waals surface area contributed by atoms with Crippen LogP contribution in [-0.2, 0) is 16.9 Å². The van der Waals surface area contributed by atoms with Crippen LogP contribution in [0, 0.1) is 6.92 Å². The first-order chi connectivity index (χ1) is 12.3. The topological polar surface area (TPSA) is 94.0 Å². The molecule has 0 unspecified atom stereocenters. The first kappa shape index (κ1) is 17.8.